The maximum Gasteiger partial charge on any atom is 0.318 e. The van der Waals surface area contributed by atoms with Gasteiger partial charge in [0, 0.05) is 12.1 Å². The van der Waals surface area contributed by atoms with Gasteiger partial charge in [-0.1, -0.05) is 0 Å². The van der Waals surface area contributed by atoms with E-state index in [-0.39, 0.29) is 6.54 Å². The van der Waals surface area contributed by atoms with Crippen molar-refractivity contribution >= 4 is 18.2 Å². The summed E-state index contributed by atoms with van der Waals surface area (Å²) in [5.41, 5.74) is 4.75. The highest BCUT2D eigenvalue weighted by Crippen LogP contribution is 1.99. The first-order valence-corrected chi connectivity index (χ1v) is 5.10. The zero-order chi connectivity index (χ0) is 12.8. The van der Waals surface area contributed by atoms with Gasteiger partial charge in [0.05, 0.1) is 0 Å². The van der Waals surface area contributed by atoms with Crippen molar-refractivity contribution in [1.82, 2.24) is 10.2 Å². The average Bonchev–Trinajstić information content (AvgIpc) is 2.16. The highest BCUT2D eigenvalue weighted by molar-refractivity contribution is 6.36. The van der Waals surface area contributed by atoms with Crippen molar-refractivity contribution in [3.8, 4) is 0 Å². The van der Waals surface area contributed by atoms with E-state index in [2.05, 4.69) is 5.32 Å². The van der Waals surface area contributed by atoms with Gasteiger partial charge in [0.25, 0.3) is 0 Å². The van der Waals surface area contributed by atoms with Gasteiger partial charge in [-0.15, -0.1) is 0 Å². The van der Waals surface area contributed by atoms with E-state index in [1.54, 1.807) is 20.8 Å². The molecule has 0 spiro atoms. The fourth-order valence-corrected chi connectivity index (χ4v) is 0.988. The van der Waals surface area contributed by atoms with E-state index >= 15 is 0 Å². The molecule has 0 fully saturated rings. The summed E-state index contributed by atoms with van der Waals surface area (Å²) in [6.07, 6.45) is 0.827. The lowest BCUT2D eigenvalue weighted by molar-refractivity contribution is -0.149. The van der Waals surface area contributed by atoms with Crippen molar-refractivity contribution in [2.24, 2.45) is 5.73 Å². The summed E-state index contributed by atoms with van der Waals surface area (Å²) in [6.45, 7) is 5.78. The minimum Gasteiger partial charge on any atom is -0.343 e. The lowest BCUT2D eigenvalue weighted by Crippen LogP contribution is -2.49. The predicted octanol–water partition coefficient (Wildman–Crippen LogP) is -0.765. The predicted molar refractivity (Wildman–Crippen MR) is 59.3 cm³/mol. The fraction of sp³-hybridized carbons (Fsp3) is 0.700. The van der Waals surface area contributed by atoms with Crippen molar-refractivity contribution in [2.75, 3.05) is 13.1 Å². The Morgan fingerprint density at radius 1 is 1.38 bits per heavy atom. The Kier molecular flexibility index (Phi) is 5.66. The number of imide groups is 1. The van der Waals surface area contributed by atoms with E-state index in [1.165, 1.54) is 0 Å². The summed E-state index contributed by atoms with van der Waals surface area (Å²) in [7, 11) is 0. The summed E-state index contributed by atoms with van der Waals surface area (Å²) >= 11 is 0. The molecule has 0 heterocycles. The SMILES string of the molecule is CC(C)(C)NC(=O)C(=O)N(C=O)CCCN. The van der Waals surface area contributed by atoms with Gasteiger partial charge in [0.1, 0.15) is 0 Å². The molecule has 0 aliphatic carbocycles. The van der Waals surface area contributed by atoms with Gasteiger partial charge in [-0.05, 0) is 33.7 Å². The molecule has 6 nitrogen and oxygen atoms in total. The minimum absolute atomic E-state index is 0.163. The smallest absolute Gasteiger partial charge is 0.318 e. The Balaban J connectivity index is 4.39. The zero-order valence-corrected chi connectivity index (χ0v) is 9.95. The number of hydrogen-bond donors (Lipinski definition) is 2. The van der Waals surface area contributed by atoms with Crippen LogP contribution < -0.4 is 11.1 Å². The number of nitrogens with one attached hydrogen (secondary N) is 1. The van der Waals surface area contributed by atoms with Gasteiger partial charge in [0.15, 0.2) is 0 Å². The number of carbonyl (C=O) groups excluding carboxylic acids is 3. The van der Waals surface area contributed by atoms with Gasteiger partial charge in [0.2, 0.25) is 6.41 Å². The van der Waals surface area contributed by atoms with Crippen LogP contribution in [0, 0.1) is 0 Å². The van der Waals surface area contributed by atoms with Crippen molar-refractivity contribution in [2.45, 2.75) is 32.7 Å². The van der Waals surface area contributed by atoms with Crippen LogP contribution in [0.3, 0.4) is 0 Å². The van der Waals surface area contributed by atoms with E-state index < -0.39 is 17.4 Å². The van der Waals surface area contributed by atoms with Crippen molar-refractivity contribution < 1.29 is 14.4 Å². The molecular weight excluding hydrogens is 210 g/mol. The molecule has 0 unspecified atom stereocenters. The molecule has 0 radical (unpaired) electrons. The van der Waals surface area contributed by atoms with Gasteiger partial charge in [-0.25, -0.2) is 0 Å². The van der Waals surface area contributed by atoms with E-state index in [0.29, 0.717) is 19.4 Å². The molecule has 0 rings (SSSR count). The third kappa shape index (κ3) is 5.45. The van der Waals surface area contributed by atoms with Crippen LogP contribution >= 0.6 is 0 Å². The van der Waals surface area contributed by atoms with E-state index in [4.69, 9.17) is 5.73 Å². The maximum atomic E-state index is 11.5. The number of nitrogens with zero attached hydrogens (tertiary/aromatic N) is 1. The van der Waals surface area contributed by atoms with E-state index in [1.807, 2.05) is 0 Å². The molecule has 16 heavy (non-hydrogen) atoms. The molecule has 0 saturated heterocycles. The van der Waals surface area contributed by atoms with Crippen molar-refractivity contribution in [3.05, 3.63) is 0 Å². The normalized spacial score (nSPS) is 10.8. The number of amides is 3. The van der Waals surface area contributed by atoms with Crippen LogP contribution in [0.15, 0.2) is 0 Å². The van der Waals surface area contributed by atoms with Crippen LogP contribution in [0.2, 0.25) is 0 Å². The largest absolute Gasteiger partial charge is 0.343 e. The van der Waals surface area contributed by atoms with Crippen LogP contribution in [0.25, 0.3) is 0 Å². The standard InChI is InChI=1S/C10H19N3O3/c1-10(2,3)12-8(15)9(16)13(7-14)6-4-5-11/h7H,4-6,11H2,1-3H3,(H,12,15). The average molecular weight is 229 g/mol. The second-order valence-electron chi connectivity index (χ2n) is 4.45. The topological polar surface area (TPSA) is 92.5 Å². The molecule has 0 bridgehead atoms. The number of carbonyl (C=O) groups is 3. The fourth-order valence-electron chi connectivity index (χ4n) is 0.988. The van der Waals surface area contributed by atoms with Crippen LogP contribution in [-0.2, 0) is 14.4 Å². The molecule has 0 saturated carbocycles. The Hall–Kier alpha value is -1.43. The molecule has 3 N–H and O–H groups in total. The van der Waals surface area contributed by atoms with E-state index in [9.17, 15) is 14.4 Å². The summed E-state index contributed by atoms with van der Waals surface area (Å²) in [4.78, 5) is 34.4. The molecule has 6 heteroatoms. The quantitative estimate of drug-likeness (QED) is 0.489. The second-order valence-corrected chi connectivity index (χ2v) is 4.45. The summed E-state index contributed by atoms with van der Waals surface area (Å²) in [5.74, 6) is -1.63. The molecule has 0 atom stereocenters. The van der Waals surface area contributed by atoms with Crippen LogP contribution in [-0.4, -0.2) is 41.8 Å². The lowest BCUT2D eigenvalue weighted by Gasteiger charge is -2.22. The number of rotatable bonds is 4. The van der Waals surface area contributed by atoms with Gasteiger partial charge in [-0.2, -0.15) is 0 Å². The number of nitrogens with two attached hydrogens (primary N) is 1. The first-order valence-electron chi connectivity index (χ1n) is 5.10. The zero-order valence-electron chi connectivity index (χ0n) is 9.95. The summed E-state index contributed by atoms with van der Waals surface area (Å²) in [5, 5.41) is 2.49. The monoisotopic (exact) mass is 229 g/mol. The molecular formula is C10H19N3O3. The lowest BCUT2D eigenvalue weighted by atomic mass is 10.1. The molecule has 0 aromatic carbocycles. The van der Waals surface area contributed by atoms with Crippen LogP contribution in [0.1, 0.15) is 27.2 Å². The molecule has 0 aliphatic rings. The van der Waals surface area contributed by atoms with Crippen molar-refractivity contribution in [3.63, 3.8) is 0 Å². The number of hydrogen-bond acceptors (Lipinski definition) is 4. The molecule has 0 aliphatic heterocycles. The summed E-state index contributed by atoms with van der Waals surface area (Å²) in [6, 6.07) is 0. The first kappa shape index (κ1) is 14.6. The molecule has 3 amide bonds. The third-order valence-corrected chi connectivity index (χ3v) is 1.67. The third-order valence-electron chi connectivity index (χ3n) is 1.67. The highest BCUT2D eigenvalue weighted by atomic mass is 16.2. The van der Waals surface area contributed by atoms with Crippen LogP contribution in [0.5, 0.6) is 0 Å². The van der Waals surface area contributed by atoms with Crippen molar-refractivity contribution in [1.29, 1.82) is 0 Å². The minimum atomic E-state index is -0.849. The van der Waals surface area contributed by atoms with Gasteiger partial charge < -0.3 is 11.1 Å². The molecule has 92 valence electrons. The Bertz CT molecular complexity index is 271. The van der Waals surface area contributed by atoms with Gasteiger partial charge >= 0.3 is 11.8 Å². The maximum absolute atomic E-state index is 11.5. The highest BCUT2D eigenvalue weighted by Gasteiger charge is 2.24. The van der Waals surface area contributed by atoms with Crippen LogP contribution in [0.4, 0.5) is 0 Å². The molecule has 0 aromatic heterocycles. The Morgan fingerprint density at radius 2 is 1.94 bits per heavy atom. The molecule has 0 aromatic rings. The van der Waals surface area contributed by atoms with Gasteiger partial charge in [-0.3, -0.25) is 19.3 Å². The summed E-state index contributed by atoms with van der Waals surface area (Å²) < 4.78 is 0. The second kappa shape index (κ2) is 6.22. The Labute approximate surface area is 95.2 Å². The first-order chi connectivity index (χ1) is 7.31. The Morgan fingerprint density at radius 3 is 2.31 bits per heavy atom. The van der Waals surface area contributed by atoms with E-state index in [0.717, 1.165) is 4.90 Å².